The molecule has 1 saturated heterocycles. The number of piperazine rings is 1. The zero-order chi connectivity index (χ0) is 17.8. The van der Waals surface area contributed by atoms with Crippen LogP contribution in [0, 0.1) is 0 Å². The van der Waals surface area contributed by atoms with Crippen LogP contribution in [-0.4, -0.2) is 44.7 Å². The molecule has 1 aliphatic heterocycles. The van der Waals surface area contributed by atoms with Crippen LogP contribution < -0.4 is 9.64 Å². The van der Waals surface area contributed by atoms with Gasteiger partial charge in [0.05, 0.1) is 7.11 Å². The molecule has 3 nitrogen and oxygen atoms in total. The molecule has 4 rings (SSSR count). The van der Waals surface area contributed by atoms with E-state index in [1.54, 1.807) is 12.7 Å². The van der Waals surface area contributed by atoms with Gasteiger partial charge in [0.1, 0.15) is 5.75 Å². The molecule has 0 saturated carbocycles. The van der Waals surface area contributed by atoms with Gasteiger partial charge in [-0.25, -0.2) is 0 Å². The number of rotatable bonds is 4. The van der Waals surface area contributed by atoms with E-state index in [0.29, 0.717) is 0 Å². The maximum atomic E-state index is 5.25. The first-order valence-electron chi connectivity index (χ1n) is 9.72. The van der Waals surface area contributed by atoms with Gasteiger partial charge in [-0.2, -0.15) is 0 Å². The first-order valence-corrected chi connectivity index (χ1v) is 9.72. The van der Waals surface area contributed by atoms with E-state index in [4.69, 9.17) is 4.74 Å². The third kappa shape index (κ3) is 3.78. The fourth-order valence-corrected chi connectivity index (χ4v) is 4.09. The number of allylic oxidation sites excluding steroid dienone is 1. The fourth-order valence-electron chi connectivity index (χ4n) is 4.09. The van der Waals surface area contributed by atoms with Crippen LogP contribution in [0.25, 0.3) is 5.57 Å². The van der Waals surface area contributed by atoms with Gasteiger partial charge in [-0.05, 0) is 60.2 Å². The minimum atomic E-state index is 0.923. The lowest BCUT2D eigenvalue weighted by molar-refractivity contribution is 0.284. The smallest absolute Gasteiger partial charge is 0.119 e. The Kier molecular flexibility index (Phi) is 5.26. The standard InChI is InChI=1S/C23H28N2O/c1-26-22-11-9-21(10-12-22)25-17-15-24(16-18-25)14-13-20-7-4-6-19-5-2-3-8-23(19)20/h2-3,5,8-13H,4,6-7,14-18H2,1H3/b20-13+. The van der Waals surface area contributed by atoms with Gasteiger partial charge in [0.25, 0.3) is 0 Å². The number of hydrogen-bond donors (Lipinski definition) is 0. The maximum Gasteiger partial charge on any atom is 0.119 e. The van der Waals surface area contributed by atoms with Gasteiger partial charge in [-0.15, -0.1) is 0 Å². The summed E-state index contributed by atoms with van der Waals surface area (Å²) in [5.74, 6) is 0.923. The molecule has 0 amide bonds. The molecule has 0 spiro atoms. The van der Waals surface area contributed by atoms with E-state index >= 15 is 0 Å². The Morgan fingerprint density at radius 2 is 1.69 bits per heavy atom. The van der Waals surface area contributed by atoms with E-state index in [-0.39, 0.29) is 0 Å². The molecule has 0 N–H and O–H groups in total. The topological polar surface area (TPSA) is 15.7 Å². The van der Waals surface area contributed by atoms with Crippen LogP contribution in [0.1, 0.15) is 24.0 Å². The van der Waals surface area contributed by atoms with Gasteiger partial charge in [-0.3, -0.25) is 4.90 Å². The summed E-state index contributed by atoms with van der Waals surface area (Å²) in [4.78, 5) is 5.04. The van der Waals surface area contributed by atoms with E-state index in [9.17, 15) is 0 Å². The lowest BCUT2D eigenvalue weighted by Crippen LogP contribution is -2.46. The van der Waals surface area contributed by atoms with Crippen molar-refractivity contribution < 1.29 is 4.74 Å². The van der Waals surface area contributed by atoms with E-state index < -0.39 is 0 Å². The highest BCUT2D eigenvalue weighted by atomic mass is 16.5. The second kappa shape index (κ2) is 7.96. The number of ether oxygens (including phenoxy) is 1. The van der Waals surface area contributed by atoms with Crippen LogP contribution in [0.5, 0.6) is 5.75 Å². The van der Waals surface area contributed by atoms with Gasteiger partial charge >= 0.3 is 0 Å². The van der Waals surface area contributed by atoms with Gasteiger partial charge < -0.3 is 9.64 Å². The Balaban J connectivity index is 1.34. The number of methoxy groups -OCH3 is 1. The summed E-state index contributed by atoms with van der Waals surface area (Å²) in [5.41, 5.74) is 5.85. The van der Waals surface area contributed by atoms with Crippen molar-refractivity contribution in [2.45, 2.75) is 19.3 Å². The Morgan fingerprint density at radius 1 is 0.923 bits per heavy atom. The number of hydrogen-bond acceptors (Lipinski definition) is 3. The molecule has 136 valence electrons. The summed E-state index contributed by atoms with van der Waals surface area (Å²) in [6, 6.07) is 17.3. The van der Waals surface area contributed by atoms with Crippen molar-refractivity contribution in [1.29, 1.82) is 0 Å². The first kappa shape index (κ1) is 17.2. The van der Waals surface area contributed by atoms with E-state index in [0.717, 1.165) is 38.5 Å². The number of anilines is 1. The van der Waals surface area contributed by atoms with Crippen LogP contribution in [0.15, 0.2) is 54.6 Å². The molecule has 0 bridgehead atoms. The lowest BCUT2D eigenvalue weighted by atomic mass is 9.87. The summed E-state index contributed by atoms with van der Waals surface area (Å²) >= 11 is 0. The van der Waals surface area contributed by atoms with Crippen molar-refractivity contribution in [2.75, 3.05) is 44.7 Å². The molecule has 1 heterocycles. The quantitative estimate of drug-likeness (QED) is 0.822. The highest BCUT2D eigenvalue weighted by molar-refractivity contribution is 5.70. The number of aryl methyl sites for hydroxylation is 1. The summed E-state index contributed by atoms with van der Waals surface area (Å²) < 4.78 is 5.25. The van der Waals surface area contributed by atoms with Crippen LogP contribution in [0.2, 0.25) is 0 Å². The number of benzene rings is 2. The Labute approximate surface area is 156 Å². The molecule has 0 aromatic heterocycles. The van der Waals surface area contributed by atoms with Crippen molar-refractivity contribution in [2.24, 2.45) is 0 Å². The molecule has 3 heteroatoms. The molecule has 2 aliphatic rings. The predicted octanol–water partition coefficient (Wildman–Crippen LogP) is 4.24. The molecular weight excluding hydrogens is 320 g/mol. The van der Waals surface area contributed by atoms with Crippen molar-refractivity contribution in [3.63, 3.8) is 0 Å². The fraction of sp³-hybridized carbons (Fsp3) is 0.391. The van der Waals surface area contributed by atoms with Crippen molar-refractivity contribution in [1.82, 2.24) is 4.90 Å². The van der Waals surface area contributed by atoms with Crippen molar-refractivity contribution in [3.8, 4) is 5.75 Å². The summed E-state index contributed by atoms with van der Waals surface area (Å²) in [7, 11) is 1.72. The summed E-state index contributed by atoms with van der Waals surface area (Å²) in [5, 5.41) is 0. The monoisotopic (exact) mass is 348 g/mol. The SMILES string of the molecule is COc1ccc(N2CCN(C/C=C3\CCCc4ccccc43)CC2)cc1. The summed E-state index contributed by atoms with van der Waals surface area (Å²) in [6.45, 7) is 5.49. The van der Waals surface area contributed by atoms with E-state index in [1.165, 1.54) is 36.1 Å². The van der Waals surface area contributed by atoms with E-state index in [1.807, 2.05) is 12.1 Å². The Morgan fingerprint density at radius 3 is 2.46 bits per heavy atom. The molecule has 1 aliphatic carbocycles. The van der Waals surface area contributed by atoms with Gasteiger partial charge in [0, 0.05) is 38.4 Å². The zero-order valence-corrected chi connectivity index (χ0v) is 15.7. The molecule has 2 aromatic rings. The average Bonchev–Trinajstić information content (AvgIpc) is 2.73. The molecule has 2 aromatic carbocycles. The molecule has 26 heavy (non-hydrogen) atoms. The predicted molar refractivity (Wildman–Crippen MR) is 109 cm³/mol. The van der Waals surface area contributed by atoms with Gasteiger partial charge in [0.15, 0.2) is 0 Å². The molecule has 0 unspecified atom stereocenters. The summed E-state index contributed by atoms with van der Waals surface area (Å²) in [6.07, 6.45) is 6.21. The maximum absolute atomic E-state index is 5.25. The molecule has 0 atom stereocenters. The number of fused-ring (bicyclic) bond motifs is 1. The highest BCUT2D eigenvalue weighted by Crippen LogP contribution is 2.30. The van der Waals surface area contributed by atoms with Crippen molar-refractivity contribution >= 4 is 11.3 Å². The zero-order valence-electron chi connectivity index (χ0n) is 15.7. The molecule has 1 fully saturated rings. The third-order valence-corrected chi connectivity index (χ3v) is 5.66. The number of nitrogens with zero attached hydrogens (tertiary/aromatic N) is 2. The second-order valence-corrected chi connectivity index (χ2v) is 7.23. The highest BCUT2D eigenvalue weighted by Gasteiger charge is 2.18. The lowest BCUT2D eigenvalue weighted by Gasteiger charge is -2.36. The Hall–Kier alpha value is -2.26. The minimum absolute atomic E-state index is 0.923. The molecular formula is C23H28N2O. The largest absolute Gasteiger partial charge is 0.497 e. The van der Waals surface area contributed by atoms with Crippen LogP contribution in [-0.2, 0) is 6.42 Å². The first-order chi connectivity index (χ1) is 12.8. The van der Waals surface area contributed by atoms with E-state index in [2.05, 4.69) is 52.3 Å². The molecule has 0 radical (unpaired) electrons. The van der Waals surface area contributed by atoms with Gasteiger partial charge in [-0.1, -0.05) is 30.3 Å². The Bertz CT molecular complexity index is 758. The van der Waals surface area contributed by atoms with Crippen LogP contribution >= 0.6 is 0 Å². The normalized spacial score (nSPS) is 19.4. The minimum Gasteiger partial charge on any atom is -0.497 e. The second-order valence-electron chi connectivity index (χ2n) is 7.23. The van der Waals surface area contributed by atoms with Gasteiger partial charge in [0.2, 0.25) is 0 Å². The average molecular weight is 348 g/mol. The third-order valence-electron chi connectivity index (χ3n) is 5.66. The van der Waals surface area contributed by atoms with Crippen LogP contribution in [0.4, 0.5) is 5.69 Å². The van der Waals surface area contributed by atoms with Crippen molar-refractivity contribution in [3.05, 3.63) is 65.7 Å². The van der Waals surface area contributed by atoms with Crippen LogP contribution in [0.3, 0.4) is 0 Å².